The second-order valence-electron chi connectivity index (χ2n) is 7.57. The van der Waals surface area contributed by atoms with Gasteiger partial charge in [0.15, 0.2) is 0 Å². The van der Waals surface area contributed by atoms with Crippen molar-refractivity contribution in [2.45, 2.75) is 6.92 Å². The fraction of sp³-hybridized carbons (Fsp3) is 0.0400. The third kappa shape index (κ3) is 2.79. The maximum Gasteiger partial charge on any atom is 0.126 e. The monoisotopic (exact) mass is 419 g/mol. The highest BCUT2D eigenvalue weighted by atomic mass is 32.1. The minimum absolute atomic E-state index is 0.534. The van der Waals surface area contributed by atoms with Crippen LogP contribution in [-0.4, -0.2) is 15.0 Å². The molecule has 5 nitrogen and oxygen atoms in total. The average Bonchev–Trinajstić information content (AvgIpc) is 3.54. The van der Waals surface area contributed by atoms with Crippen LogP contribution in [0.2, 0.25) is 0 Å². The van der Waals surface area contributed by atoms with E-state index in [4.69, 9.17) is 0 Å². The van der Waals surface area contributed by atoms with Gasteiger partial charge in [0.25, 0.3) is 0 Å². The zero-order chi connectivity index (χ0) is 20.9. The molecule has 0 saturated heterocycles. The van der Waals surface area contributed by atoms with Crippen LogP contribution < -0.4 is 5.32 Å². The highest BCUT2D eigenvalue weighted by Gasteiger charge is 2.15. The molecular weight excluding hydrogens is 402 g/mol. The van der Waals surface area contributed by atoms with Crippen LogP contribution in [0.4, 0.5) is 11.4 Å². The first-order valence-corrected chi connectivity index (χ1v) is 10.8. The van der Waals surface area contributed by atoms with Crippen LogP contribution in [0.1, 0.15) is 11.1 Å². The number of pyridine rings is 1. The van der Waals surface area contributed by atoms with Gasteiger partial charge < -0.3 is 15.3 Å². The largest absolute Gasteiger partial charge is 0.361 e. The molecule has 2 aromatic carbocycles. The van der Waals surface area contributed by atoms with Gasteiger partial charge in [-0.2, -0.15) is 5.26 Å². The van der Waals surface area contributed by atoms with E-state index < -0.39 is 0 Å². The maximum atomic E-state index is 9.75. The first-order valence-electron chi connectivity index (χ1n) is 9.95. The molecule has 0 radical (unpaired) electrons. The number of anilines is 2. The molecule has 31 heavy (non-hydrogen) atoms. The van der Waals surface area contributed by atoms with E-state index in [2.05, 4.69) is 81.8 Å². The van der Waals surface area contributed by atoms with Crippen LogP contribution in [-0.2, 0) is 0 Å². The minimum atomic E-state index is 0.534. The first-order chi connectivity index (χ1) is 15.2. The molecule has 0 unspecified atom stereocenters. The Kier molecular flexibility index (Phi) is 3.85. The molecule has 6 heteroatoms. The fourth-order valence-corrected chi connectivity index (χ4v) is 5.12. The zero-order valence-electron chi connectivity index (χ0n) is 16.7. The van der Waals surface area contributed by atoms with Gasteiger partial charge >= 0.3 is 0 Å². The van der Waals surface area contributed by atoms with E-state index in [1.54, 1.807) is 17.5 Å². The highest BCUT2D eigenvalue weighted by molar-refractivity contribution is 7.22. The molecule has 0 saturated carbocycles. The van der Waals surface area contributed by atoms with Crippen molar-refractivity contribution in [1.82, 2.24) is 15.0 Å². The number of hydrogen-bond acceptors (Lipinski definition) is 4. The van der Waals surface area contributed by atoms with Gasteiger partial charge in [0.05, 0.1) is 11.3 Å². The molecule has 4 heterocycles. The summed E-state index contributed by atoms with van der Waals surface area (Å²) >= 11 is 1.64. The van der Waals surface area contributed by atoms with Crippen LogP contribution in [0.15, 0.2) is 67.1 Å². The molecule has 0 aliphatic heterocycles. The van der Waals surface area contributed by atoms with Crippen molar-refractivity contribution in [3.8, 4) is 16.5 Å². The van der Waals surface area contributed by atoms with Gasteiger partial charge in [0.1, 0.15) is 10.9 Å². The quantitative estimate of drug-likeness (QED) is 0.293. The Labute approximate surface area is 182 Å². The van der Waals surface area contributed by atoms with E-state index in [1.165, 1.54) is 10.8 Å². The molecular formula is C25H17N5S. The zero-order valence-corrected chi connectivity index (χ0v) is 17.5. The Bertz CT molecular complexity index is 1640. The Hall–Kier alpha value is -4.08. The van der Waals surface area contributed by atoms with Crippen molar-refractivity contribution in [3.05, 3.63) is 78.2 Å². The van der Waals surface area contributed by atoms with E-state index in [0.717, 1.165) is 48.6 Å². The van der Waals surface area contributed by atoms with Crippen molar-refractivity contribution in [2.24, 2.45) is 0 Å². The summed E-state index contributed by atoms with van der Waals surface area (Å²) in [6.45, 7) is 2.09. The second kappa shape index (κ2) is 6.73. The first kappa shape index (κ1) is 17.8. The normalized spacial score (nSPS) is 11.4. The lowest BCUT2D eigenvalue weighted by Crippen LogP contribution is -1.97. The molecule has 0 fully saturated rings. The number of aromatic amines is 2. The Balaban J connectivity index is 1.50. The third-order valence-electron chi connectivity index (χ3n) is 5.78. The second-order valence-corrected chi connectivity index (χ2v) is 8.60. The van der Waals surface area contributed by atoms with Crippen molar-refractivity contribution in [1.29, 1.82) is 5.26 Å². The maximum absolute atomic E-state index is 9.75. The molecule has 6 aromatic rings. The number of rotatable bonds is 3. The molecule has 0 atom stereocenters. The van der Waals surface area contributed by atoms with Crippen LogP contribution in [0.3, 0.4) is 0 Å². The van der Waals surface area contributed by atoms with Crippen molar-refractivity contribution >= 4 is 54.7 Å². The minimum Gasteiger partial charge on any atom is -0.361 e. The Morgan fingerprint density at radius 3 is 2.71 bits per heavy atom. The summed E-state index contributed by atoms with van der Waals surface area (Å²) in [5.41, 5.74) is 6.82. The summed E-state index contributed by atoms with van der Waals surface area (Å²) in [7, 11) is 0. The molecule has 0 spiro atoms. The van der Waals surface area contributed by atoms with Crippen molar-refractivity contribution < 1.29 is 0 Å². The molecule has 6 rings (SSSR count). The lowest BCUT2D eigenvalue weighted by molar-refractivity contribution is 1.38. The average molecular weight is 420 g/mol. The van der Waals surface area contributed by atoms with Crippen LogP contribution in [0.25, 0.3) is 42.5 Å². The van der Waals surface area contributed by atoms with Gasteiger partial charge in [-0.1, -0.05) is 6.07 Å². The van der Waals surface area contributed by atoms with Gasteiger partial charge in [0, 0.05) is 51.0 Å². The van der Waals surface area contributed by atoms with Crippen LogP contribution in [0, 0.1) is 18.3 Å². The molecule has 0 amide bonds. The topological polar surface area (TPSA) is 80.3 Å². The number of benzene rings is 2. The van der Waals surface area contributed by atoms with Gasteiger partial charge in [-0.15, -0.1) is 11.3 Å². The lowest BCUT2D eigenvalue weighted by Gasteiger charge is -2.12. The van der Waals surface area contributed by atoms with E-state index >= 15 is 0 Å². The smallest absolute Gasteiger partial charge is 0.126 e. The number of nitrogens with one attached hydrogen (secondary N) is 3. The summed E-state index contributed by atoms with van der Waals surface area (Å²) in [6.07, 6.45) is 5.55. The number of fused-ring (bicyclic) bond motifs is 3. The van der Waals surface area contributed by atoms with Gasteiger partial charge in [-0.3, -0.25) is 0 Å². The van der Waals surface area contributed by atoms with Gasteiger partial charge in [-0.25, -0.2) is 4.98 Å². The third-order valence-corrected chi connectivity index (χ3v) is 6.88. The number of nitriles is 1. The Morgan fingerprint density at radius 2 is 1.81 bits per heavy atom. The Morgan fingerprint density at radius 1 is 0.968 bits per heavy atom. The molecule has 3 N–H and O–H groups in total. The van der Waals surface area contributed by atoms with Crippen LogP contribution >= 0.6 is 11.3 Å². The summed E-state index contributed by atoms with van der Waals surface area (Å²) in [4.78, 5) is 13.1. The number of H-pyrrole nitrogens is 2. The summed E-state index contributed by atoms with van der Waals surface area (Å²) in [6, 6.07) is 19.1. The number of hydrogen-bond donors (Lipinski definition) is 3. The van der Waals surface area contributed by atoms with Crippen molar-refractivity contribution in [2.75, 3.05) is 5.32 Å². The number of aromatic nitrogens is 3. The standard InChI is InChI=1S/C25H17N5S/c1-14-18-7-9-28-22(18)5-4-20(14)30-24-17(12-26)13-29-25-19(24)11-23(31-25)16-2-3-21-15(10-16)6-8-27-21/h2-11,13,27-28H,1H3,(H,29,30). The number of aryl methyl sites for hydroxylation is 1. The molecule has 148 valence electrons. The summed E-state index contributed by atoms with van der Waals surface area (Å²) in [5, 5.41) is 16.6. The summed E-state index contributed by atoms with van der Waals surface area (Å²) < 4.78 is 0. The molecule has 4 aromatic heterocycles. The van der Waals surface area contributed by atoms with E-state index in [1.807, 2.05) is 12.4 Å². The molecule has 0 aliphatic rings. The number of nitrogens with zero attached hydrogens (tertiary/aromatic N) is 2. The molecule has 0 bridgehead atoms. The number of thiophene rings is 1. The van der Waals surface area contributed by atoms with E-state index in [0.29, 0.717) is 5.56 Å². The summed E-state index contributed by atoms with van der Waals surface area (Å²) in [5.74, 6) is 0. The predicted molar refractivity (Wildman–Crippen MR) is 128 cm³/mol. The van der Waals surface area contributed by atoms with Gasteiger partial charge in [0.2, 0.25) is 0 Å². The molecule has 0 aliphatic carbocycles. The predicted octanol–water partition coefficient (Wildman–Crippen LogP) is 6.85. The SMILES string of the molecule is Cc1c(Nc2c(C#N)cnc3sc(-c4ccc5[nH]ccc5c4)cc23)ccc2[nH]ccc12. The van der Waals surface area contributed by atoms with Crippen LogP contribution in [0.5, 0.6) is 0 Å². The lowest BCUT2D eigenvalue weighted by atomic mass is 10.1. The van der Waals surface area contributed by atoms with Crippen molar-refractivity contribution in [3.63, 3.8) is 0 Å². The van der Waals surface area contributed by atoms with E-state index in [-0.39, 0.29) is 0 Å². The van der Waals surface area contributed by atoms with E-state index in [9.17, 15) is 5.26 Å². The highest BCUT2D eigenvalue weighted by Crippen LogP contribution is 2.39. The van der Waals surface area contributed by atoms with Gasteiger partial charge in [-0.05, 0) is 65.9 Å². The fourth-order valence-electron chi connectivity index (χ4n) is 4.11.